The highest BCUT2D eigenvalue weighted by Crippen LogP contribution is 2.26. The zero-order valence-electron chi connectivity index (χ0n) is 18.3. The number of hydrogen-bond donors (Lipinski definition) is 3. The molecule has 2 aromatic heterocycles. The summed E-state index contributed by atoms with van der Waals surface area (Å²) < 4.78 is 18.9. The number of fused-ring (bicyclic) bond motifs is 1. The number of ether oxygens (including phenoxy) is 1. The van der Waals surface area contributed by atoms with Crippen LogP contribution in [0.3, 0.4) is 0 Å². The normalized spacial score (nSPS) is 16.0. The molecule has 1 aromatic carbocycles. The first-order valence-electron chi connectivity index (χ1n) is 10.9. The van der Waals surface area contributed by atoms with E-state index in [1.807, 2.05) is 12.3 Å². The van der Waals surface area contributed by atoms with Gasteiger partial charge >= 0.3 is 0 Å². The third-order valence-electron chi connectivity index (χ3n) is 5.54. The van der Waals surface area contributed by atoms with E-state index >= 15 is 0 Å². The first-order valence-corrected chi connectivity index (χ1v) is 11.8. The molecule has 6 nitrogen and oxygen atoms in total. The van der Waals surface area contributed by atoms with Crippen LogP contribution in [0.25, 0.3) is 10.9 Å². The van der Waals surface area contributed by atoms with Crippen molar-refractivity contribution in [3.05, 3.63) is 58.2 Å². The molecule has 32 heavy (non-hydrogen) atoms. The average molecular weight is 572 g/mol. The zero-order valence-corrected chi connectivity index (χ0v) is 21.4. The quantitative estimate of drug-likeness (QED) is 0.216. The Morgan fingerprint density at radius 1 is 1.28 bits per heavy atom. The number of morpholine rings is 1. The van der Waals surface area contributed by atoms with Crippen LogP contribution in [0, 0.1) is 5.82 Å². The number of nitrogens with zero attached hydrogens (tertiary/aromatic N) is 2. The Morgan fingerprint density at radius 3 is 2.88 bits per heavy atom. The van der Waals surface area contributed by atoms with Gasteiger partial charge in [-0.3, -0.25) is 9.89 Å². The molecule has 174 valence electrons. The molecular weight excluding hydrogens is 540 g/mol. The molecule has 1 saturated heterocycles. The van der Waals surface area contributed by atoms with Crippen LogP contribution < -0.4 is 10.6 Å². The number of aromatic amines is 1. The predicted octanol–water partition coefficient (Wildman–Crippen LogP) is 4.16. The number of H-pyrrole nitrogens is 1. The van der Waals surface area contributed by atoms with Crippen molar-refractivity contribution in [1.29, 1.82) is 0 Å². The van der Waals surface area contributed by atoms with Crippen molar-refractivity contribution >= 4 is 52.2 Å². The van der Waals surface area contributed by atoms with Gasteiger partial charge in [0.25, 0.3) is 0 Å². The number of aromatic nitrogens is 1. The van der Waals surface area contributed by atoms with Gasteiger partial charge in [0.2, 0.25) is 0 Å². The van der Waals surface area contributed by atoms with Gasteiger partial charge < -0.3 is 20.4 Å². The Hall–Kier alpha value is -1.69. The minimum absolute atomic E-state index is 0. The van der Waals surface area contributed by atoms with Crippen molar-refractivity contribution in [2.45, 2.75) is 19.4 Å². The maximum atomic E-state index is 13.4. The van der Waals surface area contributed by atoms with E-state index in [1.54, 1.807) is 11.3 Å². The van der Waals surface area contributed by atoms with E-state index in [0.29, 0.717) is 6.54 Å². The van der Waals surface area contributed by atoms with Crippen LogP contribution in [-0.2, 0) is 11.2 Å². The topological polar surface area (TPSA) is 64.7 Å². The molecule has 0 saturated carbocycles. The van der Waals surface area contributed by atoms with Crippen LogP contribution in [0.1, 0.15) is 23.4 Å². The zero-order chi connectivity index (χ0) is 21.5. The molecule has 1 aliphatic heterocycles. The van der Waals surface area contributed by atoms with Gasteiger partial charge in [-0.1, -0.05) is 6.07 Å². The van der Waals surface area contributed by atoms with Crippen molar-refractivity contribution in [3.63, 3.8) is 0 Å². The van der Waals surface area contributed by atoms with Gasteiger partial charge in [0.1, 0.15) is 5.82 Å². The molecule has 4 rings (SSSR count). The molecule has 0 amide bonds. The van der Waals surface area contributed by atoms with Crippen LogP contribution in [-0.4, -0.2) is 61.8 Å². The third-order valence-corrected chi connectivity index (χ3v) is 6.51. The first kappa shape index (κ1) is 24.9. The van der Waals surface area contributed by atoms with E-state index in [1.165, 1.54) is 22.6 Å². The van der Waals surface area contributed by atoms with E-state index < -0.39 is 0 Å². The minimum atomic E-state index is -0.221. The van der Waals surface area contributed by atoms with E-state index in [0.717, 1.165) is 62.7 Å². The maximum absolute atomic E-state index is 13.4. The fourth-order valence-electron chi connectivity index (χ4n) is 3.96. The standard InChI is InChI=1S/C23H30FN5OS.HI/c1-2-25-23(26-8-7-17-15-27-20-14-18(24)5-6-19(17)20)28-16-21(22-4-3-13-31-22)29-9-11-30-12-10-29;/h3-6,13-15,21,27H,2,7-12,16H2,1H3,(H2,25,26,28);1H. The first-order chi connectivity index (χ1) is 15.2. The van der Waals surface area contributed by atoms with Crippen molar-refractivity contribution < 1.29 is 9.13 Å². The number of hydrogen-bond acceptors (Lipinski definition) is 4. The summed E-state index contributed by atoms with van der Waals surface area (Å²) in [5.74, 6) is 0.601. The number of guanidine groups is 1. The van der Waals surface area contributed by atoms with Gasteiger partial charge in [-0.15, -0.1) is 35.3 Å². The molecular formula is C23H31FIN5OS. The lowest BCUT2D eigenvalue weighted by Gasteiger charge is -2.33. The summed E-state index contributed by atoms with van der Waals surface area (Å²) in [5, 5.41) is 10.00. The number of rotatable bonds is 8. The van der Waals surface area contributed by atoms with E-state index in [-0.39, 0.29) is 35.8 Å². The van der Waals surface area contributed by atoms with Crippen LogP contribution in [0.15, 0.2) is 46.9 Å². The van der Waals surface area contributed by atoms with Gasteiger partial charge in [0.05, 0.1) is 25.8 Å². The molecule has 3 heterocycles. The second-order valence-electron chi connectivity index (χ2n) is 7.58. The number of thiophene rings is 1. The van der Waals surface area contributed by atoms with E-state index in [2.05, 4.69) is 45.0 Å². The summed E-state index contributed by atoms with van der Waals surface area (Å²) in [6, 6.07) is 9.45. The molecule has 0 aliphatic carbocycles. The van der Waals surface area contributed by atoms with Gasteiger partial charge in [-0.2, -0.15) is 0 Å². The van der Waals surface area contributed by atoms with E-state index in [9.17, 15) is 4.39 Å². The van der Waals surface area contributed by atoms with Gasteiger partial charge in [0.15, 0.2) is 5.96 Å². The SMILES string of the molecule is CCNC(=NCC(c1cccs1)N1CCOCC1)NCCc1c[nH]c2cc(F)ccc12.I. The number of nitrogens with one attached hydrogen (secondary N) is 3. The molecule has 0 bridgehead atoms. The number of aliphatic imine (C=N–C) groups is 1. The lowest BCUT2D eigenvalue weighted by atomic mass is 10.1. The van der Waals surface area contributed by atoms with E-state index in [4.69, 9.17) is 9.73 Å². The van der Waals surface area contributed by atoms with Crippen LogP contribution in [0.5, 0.6) is 0 Å². The fourth-order valence-corrected chi connectivity index (χ4v) is 4.81. The molecule has 1 aliphatic rings. The second kappa shape index (κ2) is 12.5. The number of benzene rings is 1. The Kier molecular flexibility index (Phi) is 9.76. The second-order valence-corrected chi connectivity index (χ2v) is 8.56. The highest BCUT2D eigenvalue weighted by Gasteiger charge is 2.23. The monoisotopic (exact) mass is 571 g/mol. The van der Waals surface area contributed by atoms with Gasteiger partial charge in [-0.25, -0.2) is 4.39 Å². The molecule has 1 atom stereocenters. The summed E-state index contributed by atoms with van der Waals surface area (Å²) in [6.45, 7) is 7.74. The fraction of sp³-hybridized carbons (Fsp3) is 0.435. The lowest BCUT2D eigenvalue weighted by Crippen LogP contribution is -2.42. The molecule has 9 heteroatoms. The largest absolute Gasteiger partial charge is 0.379 e. The maximum Gasteiger partial charge on any atom is 0.191 e. The minimum Gasteiger partial charge on any atom is -0.379 e. The third kappa shape index (κ3) is 6.43. The summed E-state index contributed by atoms with van der Waals surface area (Å²) in [4.78, 5) is 11.9. The van der Waals surface area contributed by atoms with Crippen LogP contribution in [0.4, 0.5) is 4.39 Å². The Balaban J connectivity index is 0.00000289. The molecule has 3 aromatic rings. The highest BCUT2D eigenvalue weighted by molar-refractivity contribution is 14.0. The van der Waals surface area contributed by atoms with Crippen molar-refractivity contribution in [1.82, 2.24) is 20.5 Å². The molecule has 0 radical (unpaired) electrons. The summed E-state index contributed by atoms with van der Waals surface area (Å²) in [5.41, 5.74) is 2.00. The molecule has 1 unspecified atom stereocenters. The predicted molar refractivity (Wildman–Crippen MR) is 141 cm³/mol. The molecule has 1 fully saturated rings. The Bertz CT molecular complexity index is 988. The average Bonchev–Trinajstić information content (AvgIpc) is 3.45. The Labute approximate surface area is 209 Å². The summed E-state index contributed by atoms with van der Waals surface area (Å²) in [6.07, 6.45) is 2.79. The highest BCUT2D eigenvalue weighted by atomic mass is 127. The van der Waals surface area contributed by atoms with Gasteiger partial charge in [-0.05, 0) is 48.6 Å². The molecule has 3 N–H and O–H groups in total. The smallest absolute Gasteiger partial charge is 0.191 e. The Morgan fingerprint density at radius 2 is 2.12 bits per heavy atom. The van der Waals surface area contributed by atoms with Crippen molar-refractivity contribution in [2.24, 2.45) is 4.99 Å². The summed E-state index contributed by atoms with van der Waals surface area (Å²) >= 11 is 1.79. The van der Waals surface area contributed by atoms with Crippen LogP contribution >= 0.6 is 35.3 Å². The lowest BCUT2D eigenvalue weighted by molar-refractivity contribution is 0.0186. The van der Waals surface area contributed by atoms with Crippen molar-refractivity contribution in [2.75, 3.05) is 45.9 Å². The molecule has 0 spiro atoms. The summed E-state index contributed by atoms with van der Waals surface area (Å²) in [7, 11) is 0. The van der Waals surface area contributed by atoms with Crippen molar-refractivity contribution in [3.8, 4) is 0 Å². The van der Waals surface area contributed by atoms with Gasteiger partial charge in [0, 0.05) is 48.2 Å². The van der Waals surface area contributed by atoms with Crippen LogP contribution in [0.2, 0.25) is 0 Å². The number of halogens is 2.